The van der Waals surface area contributed by atoms with E-state index in [2.05, 4.69) is 15.3 Å². The maximum atomic E-state index is 10.7. The van der Waals surface area contributed by atoms with E-state index in [1.54, 1.807) is 10.7 Å². The number of aromatic nitrogens is 5. The van der Waals surface area contributed by atoms with Gasteiger partial charge >= 0.3 is 5.97 Å². The molecule has 0 spiro atoms. The molecule has 0 amide bonds. The minimum atomic E-state index is -0.872. The van der Waals surface area contributed by atoms with Crippen LogP contribution in [0.5, 0.6) is 0 Å². The SMILES string of the molecule is CCn1c(SCC(=O)O)nnc1-c1cnn2ccccc12. The lowest BCUT2D eigenvalue weighted by Crippen LogP contribution is -2.03. The number of carbonyl (C=O) groups is 1. The molecule has 3 aromatic heterocycles. The Balaban J connectivity index is 2.04. The zero-order chi connectivity index (χ0) is 14.8. The summed E-state index contributed by atoms with van der Waals surface area (Å²) in [7, 11) is 0. The van der Waals surface area contributed by atoms with Gasteiger partial charge in [0.2, 0.25) is 0 Å². The molecule has 0 aliphatic carbocycles. The molecule has 0 saturated carbocycles. The van der Waals surface area contributed by atoms with Crippen molar-refractivity contribution in [1.82, 2.24) is 24.4 Å². The van der Waals surface area contributed by atoms with Gasteiger partial charge in [-0.2, -0.15) is 5.10 Å². The van der Waals surface area contributed by atoms with Gasteiger partial charge in [0.15, 0.2) is 11.0 Å². The molecule has 0 fully saturated rings. The topological polar surface area (TPSA) is 85.3 Å². The normalized spacial score (nSPS) is 11.1. The van der Waals surface area contributed by atoms with E-state index in [0.717, 1.165) is 11.1 Å². The lowest BCUT2D eigenvalue weighted by molar-refractivity contribution is -0.133. The van der Waals surface area contributed by atoms with E-state index in [0.29, 0.717) is 17.5 Å². The van der Waals surface area contributed by atoms with E-state index in [1.165, 1.54) is 11.8 Å². The molecule has 108 valence electrons. The Hall–Kier alpha value is -2.35. The second-order valence-electron chi connectivity index (χ2n) is 4.32. The van der Waals surface area contributed by atoms with Gasteiger partial charge in [0.05, 0.1) is 23.0 Å². The molecule has 0 bridgehead atoms. The van der Waals surface area contributed by atoms with Crippen molar-refractivity contribution >= 4 is 23.2 Å². The highest BCUT2D eigenvalue weighted by Gasteiger charge is 2.17. The number of rotatable bonds is 5. The predicted molar refractivity (Wildman–Crippen MR) is 78.2 cm³/mol. The maximum absolute atomic E-state index is 10.7. The van der Waals surface area contributed by atoms with Crippen LogP contribution in [0.25, 0.3) is 16.9 Å². The Kier molecular flexibility index (Phi) is 3.61. The highest BCUT2D eigenvalue weighted by molar-refractivity contribution is 7.99. The summed E-state index contributed by atoms with van der Waals surface area (Å²) in [5.41, 5.74) is 1.82. The summed E-state index contributed by atoms with van der Waals surface area (Å²) in [6, 6.07) is 5.80. The summed E-state index contributed by atoms with van der Waals surface area (Å²) in [5.74, 6) is -0.206. The van der Waals surface area contributed by atoms with Crippen molar-refractivity contribution in [3.8, 4) is 11.4 Å². The zero-order valence-electron chi connectivity index (χ0n) is 11.3. The number of hydrogen-bond acceptors (Lipinski definition) is 5. The number of thioether (sulfide) groups is 1. The molecule has 0 aliphatic rings. The summed E-state index contributed by atoms with van der Waals surface area (Å²) in [6.07, 6.45) is 3.61. The van der Waals surface area contributed by atoms with Crippen molar-refractivity contribution in [1.29, 1.82) is 0 Å². The monoisotopic (exact) mass is 303 g/mol. The number of aliphatic carboxylic acids is 1. The van der Waals surface area contributed by atoms with Crippen LogP contribution in [0.1, 0.15) is 6.92 Å². The van der Waals surface area contributed by atoms with Crippen molar-refractivity contribution in [3.63, 3.8) is 0 Å². The molecule has 3 heterocycles. The summed E-state index contributed by atoms with van der Waals surface area (Å²) in [5, 5.41) is 22.0. The molecule has 8 heteroatoms. The zero-order valence-corrected chi connectivity index (χ0v) is 12.1. The summed E-state index contributed by atoms with van der Waals surface area (Å²) >= 11 is 1.17. The Morgan fingerprint density at radius 1 is 1.38 bits per heavy atom. The summed E-state index contributed by atoms with van der Waals surface area (Å²) in [6.45, 7) is 2.64. The Bertz CT molecular complexity index is 795. The largest absolute Gasteiger partial charge is 0.481 e. The fourth-order valence-corrected chi connectivity index (χ4v) is 2.84. The average Bonchev–Trinajstić information content (AvgIpc) is 3.08. The van der Waals surface area contributed by atoms with Gasteiger partial charge in [0.25, 0.3) is 0 Å². The van der Waals surface area contributed by atoms with Crippen LogP contribution >= 0.6 is 11.8 Å². The lowest BCUT2D eigenvalue weighted by Gasteiger charge is -2.05. The minimum Gasteiger partial charge on any atom is -0.481 e. The van der Waals surface area contributed by atoms with Crippen molar-refractivity contribution in [2.45, 2.75) is 18.6 Å². The molecule has 0 aromatic carbocycles. The fraction of sp³-hybridized carbons (Fsp3) is 0.231. The molecule has 0 atom stereocenters. The van der Waals surface area contributed by atoms with E-state index >= 15 is 0 Å². The summed E-state index contributed by atoms with van der Waals surface area (Å²) < 4.78 is 3.67. The van der Waals surface area contributed by atoms with E-state index in [9.17, 15) is 4.79 Å². The number of nitrogens with zero attached hydrogens (tertiary/aromatic N) is 5. The van der Waals surface area contributed by atoms with Gasteiger partial charge in [0, 0.05) is 12.7 Å². The molecule has 3 aromatic rings. The van der Waals surface area contributed by atoms with Gasteiger partial charge in [-0.3, -0.25) is 4.79 Å². The third kappa shape index (κ3) is 2.49. The van der Waals surface area contributed by atoms with Gasteiger partial charge in [-0.1, -0.05) is 17.8 Å². The van der Waals surface area contributed by atoms with Crippen LogP contribution in [-0.2, 0) is 11.3 Å². The molecule has 7 nitrogen and oxygen atoms in total. The summed E-state index contributed by atoms with van der Waals surface area (Å²) in [4.78, 5) is 10.7. The predicted octanol–water partition coefficient (Wildman–Crippen LogP) is 1.79. The first-order valence-electron chi connectivity index (χ1n) is 6.41. The van der Waals surface area contributed by atoms with Crippen LogP contribution in [0.3, 0.4) is 0 Å². The van der Waals surface area contributed by atoms with Crippen LogP contribution in [-0.4, -0.2) is 41.2 Å². The third-order valence-corrected chi connectivity index (χ3v) is 3.98. The first-order chi connectivity index (χ1) is 10.2. The van der Waals surface area contributed by atoms with Gasteiger partial charge in [0.1, 0.15) is 0 Å². The van der Waals surface area contributed by atoms with E-state index in [1.807, 2.05) is 35.9 Å². The maximum Gasteiger partial charge on any atom is 0.313 e. The van der Waals surface area contributed by atoms with E-state index < -0.39 is 5.97 Å². The second kappa shape index (κ2) is 5.57. The Morgan fingerprint density at radius 2 is 2.24 bits per heavy atom. The van der Waals surface area contributed by atoms with Crippen molar-refractivity contribution in [2.24, 2.45) is 0 Å². The van der Waals surface area contributed by atoms with Crippen molar-refractivity contribution in [2.75, 3.05) is 5.75 Å². The number of carboxylic acids is 1. The van der Waals surface area contributed by atoms with Crippen LogP contribution in [0.4, 0.5) is 0 Å². The Morgan fingerprint density at radius 3 is 3.00 bits per heavy atom. The average molecular weight is 303 g/mol. The number of fused-ring (bicyclic) bond motifs is 1. The highest BCUT2D eigenvalue weighted by Crippen LogP contribution is 2.26. The number of carboxylic acid groups (broad SMARTS) is 1. The fourth-order valence-electron chi connectivity index (χ4n) is 2.11. The van der Waals surface area contributed by atoms with E-state index in [4.69, 9.17) is 5.11 Å². The third-order valence-electron chi connectivity index (χ3n) is 3.03. The molecule has 0 unspecified atom stereocenters. The van der Waals surface area contributed by atoms with Crippen LogP contribution in [0.15, 0.2) is 35.7 Å². The number of pyridine rings is 1. The molecule has 0 saturated heterocycles. The van der Waals surface area contributed by atoms with Crippen LogP contribution in [0, 0.1) is 0 Å². The molecule has 0 aliphatic heterocycles. The number of hydrogen-bond donors (Lipinski definition) is 1. The molecule has 3 rings (SSSR count). The first-order valence-corrected chi connectivity index (χ1v) is 7.39. The van der Waals surface area contributed by atoms with E-state index in [-0.39, 0.29) is 5.75 Å². The van der Waals surface area contributed by atoms with Gasteiger partial charge in [-0.05, 0) is 19.1 Å². The molecule has 1 N–H and O–H groups in total. The van der Waals surface area contributed by atoms with Crippen molar-refractivity contribution < 1.29 is 9.90 Å². The second-order valence-corrected chi connectivity index (χ2v) is 5.26. The lowest BCUT2D eigenvalue weighted by atomic mass is 10.2. The van der Waals surface area contributed by atoms with Crippen LogP contribution in [0.2, 0.25) is 0 Å². The standard InChI is InChI=1S/C13H13N5O2S/c1-2-17-12(15-16-13(17)21-8-11(19)20)9-7-14-18-6-4-3-5-10(9)18/h3-7H,2,8H2,1H3,(H,19,20). The molecule has 0 radical (unpaired) electrons. The molecular formula is C13H13N5O2S. The van der Waals surface area contributed by atoms with Gasteiger partial charge in [-0.15, -0.1) is 10.2 Å². The van der Waals surface area contributed by atoms with Gasteiger partial charge < -0.3 is 9.67 Å². The molecule has 21 heavy (non-hydrogen) atoms. The molecular weight excluding hydrogens is 290 g/mol. The smallest absolute Gasteiger partial charge is 0.313 e. The quantitative estimate of drug-likeness (QED) is 0.723. The van der Waals surface area contributed by atoms with Crippen LogP contribution < -0.4 is 0 Å². The Labute approximate surface area is 124 Å². The first kappa shape index (κ1) is 13.6. The van der Waals surface area contributed by atoms with Crippen molar-refractivity contribution in [3.05, 3.63) is 30.6 Å². The minimum absolute atomic E-state index is 0.0348. The highest BCUT2D eigenvalue weighted by atomic mass is 32.2. The van der Waals surface area contributed by atoms with Gasteiger partial charge in [-0.25, -0.2) is 4.52 Å².